The van der Waals surface area contributed by atoms with Gasteiger partial charge in [-0.15, -0.1) is 10.2 Å². The highest BCUT2D eigenvalue weighted by Gasteiger charge is 2.15. The summed E-state index contributed by atoms with van der Waals surface area (Å²) in [6, 6.07) is 11.4. The summed E-state index contributed by atoms with van der Waals surface area (Å²) < 4.78 is 23.2. The molecular formula is C18H17BrN2O4. The summed E-state index contributed by atoms with van der Waals surface area (Å²) >= 11 is 3.40. The lowest BCUT2D eigenvalue weighted by Crippen LogP contribution is -2.01. The van der Waals surface area contributed by atoms with Gasteiger partial charge in [-0.25, -0.2) is 0 Å². The topological polar surface area (TPSA) is 66.6 Å². The fraction of sp³-hybridized carbons (Fsp3) is 0.222. The molecule has 0 aliphatic heterocycles. The van der Waals surface area contributed by atoms with Crippen molar-refractivity contribution in [1.82, 2.24) is 10.2 Å². The molecule has 0 unspecified atom stereocenters. The monoisotopic (exact) mass is 404 g/mol. The Hall–Kier alpha value is -2.54. The minimum Gasteiger partial charge on any atom is -0.493 e. The molecule has 1 aromatic heterocycles. The molecule has 0 saturated carbocycles. The predicted octanol–water partition coefficient (Wildman–Crippen LogP) is 4.40. The fourth-order valence-corrected chi connectivity index (χ4v) is 2.57. The van der Waals surface area contributed by atoms with Gasteiger partial charge in [-0.05, 0) is 48.9 Å². The van der Waals surface area contributed by atoms with Gasteiger partial charge in [0.05, 0.1) is 14.2 Å². The number of hydrogen-bond acceptors (Lipinski definition) is 6. The third kappa shape index (κ3) is 3.93. The van der Waals surface area contributed by atoms with E-state index in [4.69, 9.17) is 18.6 Å². The van der Waals surface area contributed by atoms with E-state index < -0.39 is 0 Å². The maximum atomic E-state index is 5.81. The van der Waals surface area contributed by atoms with Crippen molar-refractivity contribution in [1.29, 1.82) is 0 Å². The number of aryl methyl sites for hydroxylation is 1. The highest BCUT2D eigenvalue weighted by atomic mass is 79.9. The second-order valence-corrected chi connectivity index (χ2v) is 6.21. The Labute approximate surface area is 153 Å². The van der Waals surface area contributed by atoms with Gasteiger partial charge in [-0.3, -0.25) is 0 Å². The predicted molar refractivity (Wildman–Crippen MR) is 96.0 cm³/mol. The molecule has 0 bridgehead atoms. The summed E-state index contributed by atoms with van der Waals surface area (Å²) in [7, 11) is 3.17. The van der Waals surface area contributed by atoms with Crippen molar-refractivity contribution in [3.8, 4) is 28.7 Å². The van der Waals surface area contributed by atoms with Crippen molar-refractivity contribution in [2.24, 2.45) is 0 Å². The molecule has 130 valence electrons. The number of ether oxygens (including phenoxy) is 3. The van der Waals surface area contributed by atoms with Crippen LogP contribution in [-0.2, 0) is 6.61 Å². The lowest BCUT2D eigenvalue weighted by Gasteiger charge is -2.14. The first-order valence-corrected chi connectivity index (χ1v) is 8.33. The number of methoxy groups -OCH3 is 2. The summed E-state index contributed by atoms with van der Waals surface area (Å²) in [6.07, 6.45) is 0. The molecule has 0 saturated heterocycles. The molecule has 6 nitrogen and oxygen atoms in total. The van der Waals surface area contributed by atoms with Gasteiger partial charge in [0.2, 0.25) is 11.6 Å². The Kier molecular flexibility index (Phi) is 5.23. The third-order valence-corrected chi connectivity index (χ3v) is 4.03. The highest BCUT2D eigenvalue weighted by Crippen LogP contribution is 2.38. The van der Waals surface area contributed by atoms with Crippen molar-refractivity contribution in [3.63, 3.8) is 0 Å². The van der Waals surface area contributed by atoms with Crippen LogP contribution in [0.25, 0.3) is 11.5 Å². The van der Waals surface area contributed by atoms with E-state index in [-0.39, 0.29) is 6.61 Å². The Bertz CT molecular complexity index is 837. The third-order valence-electron chi connectivity index (χ3n) is 3.50. The quantitative estimate of drug-likeness (QED) is 0.606. The minimum atomic E-state index is 0.110. The van der Waals surface area contributed by atoms with E-state index in [1.165, 1.54) is 0 Å². The lowest BCUT2D eigenvalue weighted by atomic mass is 10.2. The molecule has 0 aliphatic carbocycles. The van der Waals surface area contributed by atoms with Crippen molar-refractivity contribution in [2.75, 3.05) is 14.2 Å². The van der Waals surface area contributed by atoms with Gasteiger partial charge in [0.25, 0.3) is 5.89 Å². The van der Waals surface area contributed by atoms with Crippen molar-refractivity contribution >= 4 is 15.9 Å². The zero-order valence-corrected chi connectivity index (χ0v) is 15.7. The maximum Gasteiger partial charge on any atom is 0.254 e. The largest absolute Gasteiger partial charge is 0.493 e. The van der Waals surface area contributed by atoms with Crippen LogP contribution in [0.1, 0.15) is 11.5 Å². The van der Waals surface area contributed by atoms with Crippen LogP contribution in [0.2, 0.25) is 0 Å². The molecule has 0 atom stereocenters. The van der Waals surface area contributed by atoms with E-state index in [1.54, 1.807) is 14.2 Å². The molecule has 2 aromatic carbocycles. The van der Waals surface area contributed by atoms with Crippen LogP contribution in [0.15, 0.2) is 45.3 Å². The summed E-state index contributed by atoms with van der Waals surface area (Å²) in [5, 5.41) is 8.08. The molecule has 25 heavy (non-hydrogen) atoms. The van der Waals surface area contributed by atoms with Crippen LogP contribution in [-0.4, -0.2) is 24.4 Å². The van der Waals surface area contributed by atoms with E-state index in [0.717, 1.165) is 15.6 Å². The van der Waals surface area contributed by atoms with Gasteiger partial charge >= 0.3 is 0 Å². The summed E-state index contributed by atoms with van der Waals surface area (Å²) in [6.45, 7) is 2.07. The van der Waals surface area contributed by atoms with Crippen molar-refractivity contribution in [3.05, 3.63) is 52.3 Å². The minimum absolute atomic E-state index is 0.110. The Morgan fingerprint density at radius 2 is 1.64 bits per heavy atom. The van der Waals surface area contributed by atoms with E-state index >= 15 is 0 Å². The zero-order valence-electron chi connectivity index (χ0n) is 14.1. The van der Waals surface area contributed by atoms with Crippen LogP contribution in [0, 0.1) is 6.92 Å². The highest BCUT2D eigenvalue weighted by molar-refractivity contribution is 9.10. The van der Waals surface area contributed by atoms with Crippen molar-refractivity contribution in [2.45, 2.75) is 13.5 Å². The number of benzene rings is 2. The summed E-state index contributed by atoms with van der Waals surface area (Å²) in [5.74, 6) is 2.48. The molecule has 0 fully saturated rings. The van der Waals surface area contributed by atoms with Gasteiger partial charge in [0, 0.05) is 10.0 Å². The van der Waals surface area contributed by atoms with Crippen molar-refractivity contribution < 1.29 is 18.6 Å². The van der Waals surface area contributed by atoms with E-state index in [1.807, 2.05) is 43.3 Å². The molecule has 0 aliphatic rings. The average Bonchev–Trinajstić information content (AvgIpc) is 3.09. The first kappa shape index (κ1) is 17.3. The molecule has 0 N–H and O–H groups in total. The summed E-state index contributed by atoms with van der Waals surface area (Å²) in [4.78, 5) is 0. The van der Waals surface area contributed by atoms with Gasteiger partial charge in [0.15, 0.2) is 18.1 Å². The van der Waals surface area contributed by atoms with Gasteiger partial charge in [-0.2, -0.15) is 0 Å². The van der Waals surface area contributed by atoms with Crippen LogP contribution in [0.3, 0.4) is 0 Å². The Morgan fingerprint density at radius 1 is 1.00 bits per heavy atom. The van der Waals surface area contributed by atoms with Crippen LogP contribution in [0.5, 0.6) is 17.2 Å². The van der Waals surface area contributed by atoms with Crippen LogP contribution >= 0.6 is 15.9 Å². The average molecular weight is 405 g/mol. The Morgan fingerprint density at radius 3 is 2.24 bits per heavy atom. The number of rotatable bonds is 6. The molecule has 0 amide bonds. The first-order chi connectivity index (χ1) is 12.1. The van der Waals surface area contributed by atoms with E-state index in [0.29, 0.717) is 29.0 Å². The number of halogens is 1. The van der Waals surface area contributed by atoms with Gasteiger partial charge < -0.3 is 18.6 Å². The fourth-order valence-electron chi connectivity index (χ4n) is 2.31. The molecular weight excluding hydrogens is 388 g/mol. The summed E-state index contributed by atoms with van der Waals surface area (Å²) in [5.41, 5.74) is 1.85. The van der Waals surface area contributed by atoms with E-state index in [9.17, 15) is 0 Å². The molecule has 3 aromatic rings. The van der Waals surface area contributed by atoms with Gasteiger partial charge in [-0.1, -0.05) is 15.9 Å². The number of hydrogen-bond donors (Lipinski definition) is 0. The SMILES string of the molecule is COc1cc(C)cc(OC)c1OCc1nnc(-c2ccc(Br)cc2)o1. The zero-order chi connectivity index (χ0) is 17.8. The van der Waals surface area contributed by atoms with Crippen LogP contribution in [0.4, 0.5) is 0 Å². The van der Waals surface area contributed by atoms with Gasteiger partial charge in [0.1, 0.15) is 0 Å². The first-order valence-electron chi connectivity index (χ1n) is 7.54. The molecule has 0 radical (unpaired) electrons. The number of nitrogens with zero attached hydrogens (tertiary/aromatic N) is 2. The normalized spacial score (nSPS) is 10.6. The maximum absolute atomic E-state index is 5.81. The smallest absolute Gasteiger partial charge is 0.254 e. The lowest BCUT2D eigenvalue weighted by molar-refractivity contribution is 0.238. The number of aromatic nitrogens is 2. The van der Waals surface area contributed by atoms with Crippen LogP contribution < -0.4 is 14.2 Å². The molecule has 7 heteroatoms. The standard InChI is InChI=1S/C18H17BrN2O4/c1-11-8-14(22-2)17(15(9-11)23-3)24-10-16-20-21-18(25-16)12-4-6-13(19)7-5-12/h4-9H,10H2,1-3H3. The molecule has 0 spiro atoms. The second-order valence-electron chi connectivity index (χ2n) is 5.30. The second kappa shape index (κ2) is 7.57. The van der Waals surface area contributed by atoms with E-state index in [2.05, 4.69) is 26.1 Å². The Balaban J connectivity index is 1.78. The molecule has 1 heterocycles. The molecule has 3 rings (SSSR count).